The Kier molecular flexibility index (Phi) is 4.59. The first-order chi connectivity index (χ1) is 9.96. The van der Waals surface area contributed by atoms with Crippen LogP contribution in [0.2, 0.25) is 0 Å². The van der Waals surface area contributed by atoms with Crippen LogP contribution in [0.25, 0.3) is 0 Å². The van der Waals surface area contributed by atoms with Crippen LogP contribution in [-0.4, -0.2) is 13.5 Å². The molecule has 21 heavy (non-hydrogen) atoms. The molecule has 0 saturated heterocycles. The molecule has 0 aliphatic rings. The van der Waals surface area contributed by atoms with E-state index in [1.807, 2.05) is 6.92 Å². The number of hydrogen-bond acceptors (Lipinski definition) is 3. The smallest absolute Gasteiger partial charge is 0.262 e. The molecule has 0 radical (unpaired) electrons. The van der Waals surface area contributed by atoms with Crippen LogP contribution in [0.3, 0.4) is 0 Å². The maximum absolute atomic E-state index is 13.1. The summed E-state index contributed by atoms with van der Waals surface area (Å²) in [7, 11) is -3.83. The standard InChI is InChI=1S/C15H16FNO3S/c1-2-12-7-6-11(10-18)8-15(12)21(19,20)17-14-5-3-4-13(16)9-14/h3-9,17-18H,2,10H2,1H3. The van der Waals surface area contributed by atoms with Crippen LogP contribution in [0, 0.1) is 5.82 Å². The molecule has 0 fully saturated rings. The first-order valence-electron chi connectivity index (χ1n) is 6.47. The van der Waals surface area contributed by atoms with Gasteiger partial charge in [-0.1, -0.05) is 25.1 Å². The number of benzene rings is 2. The Morgan fingerprint density at radius 2 is 1.95 bits per heavy atom. The quantitative estimate of drug-likeness (QED) is 0.892. The summed E-state index contributed by atoms with van der Waals surface area (Å²) in [6.07, 6.45) is 0.533. The van der Waals surface area contributed by atoms with Gasteiger partial charge in [-0.15, -0.1) is 0 Å². The molecule has 0 amide bonds. The van der Waals surface area contributed by atoms with E-state index in [0.717, 1.165) is 6.07 Å². The lowest BCUT2D eigenvalue weighted by Crippen LogP contribution is -2.15. The number of anilines is 1. The minimum Gasteiger partial charge on any atom is -0.392 e. The number of rotatable bonds is 5. The molecule has 0 aliphatic heterocycles. The van der Waals surface area contributed by atoms with Gasteiger partial charge in [-0.25, -0.2) is 12.8 Å². The van der Waals surface area contributed by atoms with Gasteiger partial charge in [0.15, 0.2) is 0 Å². The van der Waals surface area contributed by atoms with Crippen molar-refractivity contribution in [1.29, 1.82) is 0 Å². The minimum atomic E-state index is -3.83. The number of aliphatic hydroxyl groups is 1. The van der Waals surface area contributed by atoms with Crippen LogP contribution in [0.15, 0.2) is 47.4 Å². The second-order valence-corrected chi connectivity index (χ2v) is 6.22. The largest absolute Gasteiger partial charge is 0.392 e. The van der Waals surface area contributed by atoms with Crippen molar-refractivity contribution in [2.75, 3.05) is 4.72 Å². The fourth-order valence-corrected chi connectivity index (χ4v) is 3.41. The van der Waals surface area contributed by atoms with Crippen molar-refractivity contribution >= 4 is 15.7 Å². The maximum Gasteiger partial charge on any atom is 0.262 e. The Hall–Kier alpha value is -1.92. The van der Waals surface area contributed by atoms with E-state index in [0.29, 0.717) is 17.5 Å². The van der Waals surface area contributed by atoms with Crippen molar-refractivity contribution < 1.29 is 17.9 Å². The molecule has 0 atom stereocenters. The van der Waals surface area contributed by atoms with E-state index in [1.54, 1.807) is 12.1 Å². The molecule has 2 aromatic rings. The van der Waals surface area contributed by atoms with Gasteiger partial charge in [-0.05, 0) is 41.8 Å². The van der Waals surface area contributed by atoms with Crippen molar-refractivity contribution in [1.82, 2.24) is 0 Å². The highest BCUT2D eigenvalue weighted by molar-refractivity contribution is 7.92. The molecule has 0 saturated carbocycles. The molecule has 0 unspecified atom stereocenters. The van der Waals surface area contributed by atoms with Crippen LogP contribution in [-0.2, 0) is 23.1 Å². The van der Waals surface area contributed by atoms with Crippen molar-refractivity contribution in [3.8, 4) is 0 Å². The molecule has 2 aromatic carbocycles. The fraction of sp³-hybridized carbons (Fsp3) is 0.200. The number of aliphatic hydroxyl groups excluding tert-OH is 1. The van der Waals surface area contributed by atoms with Crippen LogP contribution >= 0.6 is 0 Å². The monoisotopic (exact) mass is 309 g/mol. The Labute approximate surface area is 123 Å². The van der Waals surface area contributed by atoms with Gasteiger partial charge >= 0.3 is 0 Å². The lowest BCUT2D eigenvalue weighted by molar-refractivity contribution is 0.281. The minimum absolute atomic E-state index is 0.0980. The highest BCUT2D eigenvalue weighted by atomic mass is 32.2. The lowest BCUT2D eigenvalue weighted by Gasteiger charge is -2.12. The van der Waals surface area contributed by atoms with Crippen molar-refractivity contribution in [3.05, 3.63) is 59.4 Å². The highest BCUT2D eigenvalue weighted by Crippen LogP contribution is 2.22. The topological polar surface area (TPSA) is 66.4 Å². The first kappa shape index (κ1) is 15.5. The molecular weight excluding hydrogens is 293 g/mol. The average Bonchev–Trinajstić information content (AvgIpc) is 2.46. The van der Waals surface area contributed by atoms with Crippen LogP contribution in [0.4, 0.5) is 10.1 Å². The van der Waals surface area contributed by atoms with E-state index in [4.69, 9.17) is 5.11 Å². The molecule has 0 bridgehead atoms. The molecule has 112 valence electrons. The molecule has 0 spiro atoms. The predicted octanol–water partition coefficient (Wildman–Crippen LogP) is 2.68. The summed E-state index contributed by atoms with van der Waals surface area (Å²) in [5.41, 5.74) is 1.30. The van der Waals surface area contributed by atoms with Gasteiger partial charge in [0.2, 0.25) is 0 Å². The van der Waals surface area contributed by atoms with E-state index in [1.165, 1.54) is 24.3 Å². The van der Waals surface area contributed by atoms with Gasteiger partial charge in [0.25, 0.3) is 10.0 Å². The van der Waals surface area contributed by atoms with E-state index in [2.05, 4.69) is 4.72 Å². The molecule has 0 aliphatic carbocycles. The third kappa shape index (κ3) is 3.59. The van der Waals surface area contributed by atoms with Crippen LogP contribution < -0.4 is 4.72 Å². The predicted molar refractivity (Wildman–Crippen MR) is 79.0 cm³/mol. The summed E-state index contributed by atoms with van der Waals surface area (Å²) in [5, 5.41) is 9.15. The van der Waals surface area contributed by atoms with Crippen LogP contribution in [0.1, 0.15) is 18.1 Å². The second-order valence-electron chi connectivity index (χ2n) is 4.57. The Morgan fingerprint density at radius 1 is 1.19 bits per heavy atom. The van der Waals surface area contributed by atoms with Gasteiger partial charge in [-0.3, -0.25) is 4.72 Å². The number of nitrogens with one attached hydrogen (secondary N) is 1. The molecule has 0 heterocycles. The van der Waals surface area contributed by atoms with Gasteiger partial charge in [0.1, 0.15) is 5.82 Å². The van der Waals surface area contributed by atoms with Crippen molar-refractivity contribution in [3.63, 3.8) is 0 Å². The van der Waals surface area contributed by atoms with E-state index in [9.17, 15) is 12.8 Å². The fourth-order valence-electron chi connectivity index (χ4n) is 2.00. The second kappa shape index (κ2) is 6.24. The molecule has 2 N–H and O–H groups in total. The molecular formula is C15H16FNO3S. The van der Waals surface area contributed by atoms with E-state index >= 15 is 0 Å². The van der Waals surface area contributed by atoms with Crippen molar-refractivity contribution in [2.24, 2.45) is 0 Å². The van der Waals surface area contributed by atoms with Gasteiger partial charge in [0, 0.05) is 0 Å². The number of sulfonamides is 1. The summed E-state index contributed by atoms with van der Waals surface area (Å²) < 4.78 is 40.4. The van der Waals surface area contributed by atoms with E-state index in [-0.39, 0.29) is 17.2 Å². The third-order valence-electron chi connectivity index (χ3n) is 3.06. The average molecular weight is 309 g/mol. The zero-order valence-corrected chi connectivity index (χ0v) is 12.3. The van der Waals surface area contributed by atoms with E-state index < -0.39 is 15.8 Å². The highest BCUT2D eigenvalue weighted by Gasteiger charge is 2.18. The third-order valence-corrected chi connectivity index (χ3v) is 4.52. The maximum atomic E-state index is 13.1. The lowest BCUT2D eigenvalue weighted by atomic mass is 10.1. The Morgan fingerprint density at radius 3 is 2.57 bits per heavy atom. The Bertz CT molecular complexity index is 744. The summed E-state index contributed by atoms with van der Waals surface area (Å²) in [6.45, 7) is 1.60. The molecule has 6 heteroatoms. The number of aryl methyl sites for hydroxylation is 1. The zero-order valence-electron chi connectivity index (χ0n) is 11.5. The molecule has 0 aromatic heterocycles. The normalized spacial score (nSPS) is 11.4. The van der Waals surface area contributed by atoms with Crippen molar-refractivity contribution in [2.45, 2.75) is 24.8 Å². The number of hydrogen-bond donors (Lipinski definition) is 2. The summed E-state index contributed by atoms with van der Waals surface area (Å²) >= 11 is 0. The molecule has 2 rings (SSSR count). The summed E-state index contributed by atoms with van der Waals surface area (Å²) in [4.78, 5) is 0.0980. The van der Waals surface area contributed by atoms with Crippen LogP contribution in [0.5, 0.6) is 0 Å². The Balaban J connectivity index is 2.43. The summed E-state index contributed by atoms with van der Waals surface area (Å²) in [5.74, 6) is -0.518. The summed E-state index contributed by atoms with van der Waals surface area (Å²) in [6, 6.07) is 10.0. The number of halogens is 1. The van der Waals surface area contributed by atoms with Gasteiger partial charge in [0.05, 0.1) is 17.2 Å². The first-order valence-corrected chi connectivity index (χ1v) is 7.95. The SMILES string of the molecule is CCc1ccc(CO)cc1S(=O)(=O)Nc1cccc(F)c1. The zero-order chi connectivity index (χ0) is 15.5. The molecule has 4 nitrogen and oxygen atoms in total. The van der Waals surface area contributed by atoms with Gasteiger partial charge < -0.3 is 5.11 Å². The van der Waals surface area contributed by atoms with Gasteiger partial charge in [-0.2, -0.15) is 0 Å².